The lowest BCUT2D eigenvalue weighted by Gasteiger charge is -2.28. The van der Waals surface area contributed by atoms with E-state index in [4.69, 9.17) is 4.74 Å². The highest BCUT2D eigenvalue weighted by Gasteiger charge is 2.17. The SMILES string of the molecule is CC(C)C.CC(C)OC1CNC1. The van der Waals surface area contributed by atoms with Gasteiger partial charge in [0.1, 0.15) is 0 Å². The lowest BCUT2D eigenvalue weighted by atomic mass is 10.2. The maximum absolute atomic E-state index is 5.42. The highest BCUT2D eigenvalue weighted by atomic mass is 16.5. The molecule has 1 N–H and O–H groups in total. The van der Waals surface area contributed by atoms with Crippen LogP contribution >= 0.6 is 0 Å². The van der Waals surface area contributed by atoms with Crippen LogP contribution in [-0.4, -0.2) is 25.3 Å². The molecule has 0 aromatic carbocycles. The van der Waals surface area contributed by atoms with E-state index in [-0.39, 0.29) is 0 Å². The van der Waals surface area contributed by atoms with Crippen molar-refractivity contribution in [2.24, 2.45) is 5.92 Å². The molecule has 1 heterocycles. The van der Waals surface area contributed by atoms with Gasteiger partial charge in [-0.2, -0.15) is 0 Å². The van der Waals surface area contributed by atoms with E-state index in [2.05, 4.69) is 39.9 Å². The van der Waals surface area contributed by atoms with Gasteiger partial charge in [0.05, 0.1) is 12.2 Å². The zero-order chi connectivity index (χ0) is 9.56. The lowest BCUT2D eigenvalue weighted by Crippen LogP contribution is -2.49. The molecule has 1 saturated heterocycles. The number of hydrogen-bond donors (Lipinski definition) is 1. The van der Waals surface area contributed by atoms with Crippen LogP contribution < -0.4 is 5.32 Å². The van der Waals surface area contributed by atoms with Gasteiger partial charge in [0.25, 0.3) is 0 Å². The summed E-state index contributed by atoms with van der Waals surface area (Å²) < 4.78 is 5.42. The number of nitrogens with one attached hydrogen (secondary N) is 1. The van der Waals surface area contributed by atoms with Crippen LogP contribution in [0.15, 0.2) is 0 Å². The topological polar surface area (TPSA) is 21.3 Å². The number of ether oxygens (including phenoxy) is 1. The van der Waals surface area contributed by atoms with Crippen LogP contribution in [0.4, 0.5) is 0 Å². The van der Waals surface area contributed by atoms with E-state index in [0.717, 1.165) is 19.0 Å². The molecule has 12 heavy (non-hydrogen) atoms. The quantitative estimate of drug-likeness (QED) is 0.690. The third kappa shape index (κ3) is 8.02. The Morgan fingerprint density at radius 3 is 1.58 bits per heavy atom. The Labute approximate surface area is 76.7 Å². The summed E-state index contributed by atoms with van der Waals surface area (Å²) in [6, 6.07) is 0. The lowest BCUT2D eigenvalue weighted by molar-refractivity contribution is -0.0200. The molecule has 0 amide bonds. The van der Waals surface area contributed by atoms with Gasteiger partial charge in [0.15, 0.2) is 0 Å². The van der Waals surface area contributed by atoms with Gasteiger partial charge in [-0.25, -0.2) is 0 Å². The van der Waals surface area contributed by atoms with Gasteiger partial charge >= 0.3 is 0 Å². The molecular weight excluding hydrogens is 150 g/mol. The molecule has 0 radical (unpaired) electrons. The summed E-state index contributed by atoms with van der Waals surface area (Å²) in [5.41, 5.74) is 0. The predicted molar refractivity (Wildman–Crippen MR) is 53.4 cm³/mol. The monoisotopic (exact) mass is 173 g/mol. The Morgan fingerprint density at radius 2 is 1.50 bits per heavy atom. The van der Waals surface area contributed by atoms with Crippen molar-refractivity contribution >= 4 is 0 Å². The van der Waals surface area contributed by atoms with Gasteiger partial charge in [-0.15, -0.1) is 0 Å². The van der Waals surface area contributed by atoms with Crippen LogP contribution in [0.3, 0.4) is 0 Å². The van der Waals surface area contributed by atoms with Gasteiger partial charge in [-0.05, 0) is 19.8 Å². The van der Waals surface area contributed by atoms with Crippen molar-refractivity contribution in [2.75, 3.05) is 13.1 Å². The first kappa shape index (κ1) is 11.9. The van der Waals surface area contributed by atoms with Crippen LogP contribution in [0.25, 0.3) is 0 Å². The standard InChI is InChI=1S/C6H13NO.C4H10/c1-5(2)8-6-3-7-4-6;1-4(2)3/h5-7H,3-4H2,1-2H3;4H,1-3H3. The molecule has 2 nitrogen and oxygen atoms in total. The summed E-state index contributed by atoms with van der Waals surface area (Å²) in [6.45, 7) is 12.7. The van der Waals surface area contributed by atoms with Crippen molar-refractivity contribution in [3.8, 4) is 0 Å². The van der Waals surface area contributed by atoms with Crippen molar-refractivity contribution in [1.29, 1.82) is 0 Å². The van der Waals surface area contributed by atoms with E-state index in [0.29, 0.717) is 12.2 Å². The Bertz CT molecular complexity index is 95.3. The minimum absolute atomic E-state index is 0.391. The molecule has 1 aliphatic rings. The van der Waals surface area contributed by atoms with Crippen molar-refractivity contribution in [3.63, 3.8) is 0 Å². The molecule has 0 aromatic rings. The largest absolute Gasteiger partial charge is 0.373 e. The van der Waals surface area contributed by atoms with Gasteiger partial charge in [0, 0.05) is 13.1 Å². The Balaban J connectivity index is 0.000000261. The summed E-state index contributed by atoms with van der Waals surface area (Å²) in [4.78, 5) is 0. The molecule has 0 aromatic heterocycles. The molecule has 0 spiro atoms. The molecule has 1 rings (SSSR count). The molecule has 2 heteroatoms. The Hall–Kier alpha value is -0.0800. The van der Waals surface area contributed by atoms with Crippen molar-refractivity contribution in [3.05, 3.63) is 0 Å². The zero-order valence-corrected chi connectivity index (χ0v) is 9.05. The smallest absolute Gasteiger partial charge is 0.0827 e. The molecule has 0 aliphatic carbocycles. The van der Waals surface area contributed by atoms with Crippen LogP contribution in [0, 0.1) is 5.92 Å². The average Bonchev–Trinajstić information content (AvgIpc) is 1.77. The normalized spacial score (nSPS) is 17.2. The second-order valence-corrected chi connectivity index (χ2v) is 4.20. The summed E-state index contributed by atoms with van der Waals surface area (Å²) in [6.07, 6.45) is 0.886. The second-order valence-electron chi connectivity index (χ2n) is 4.20. The van der Waals surface area contributed by atoms with E-state index in [9.17, 15) is 0 Å². The molecular formula is C10H23NO. The molecule has 0 saturated carbocycles. The molecule has 0 unspecified atom stereocenters. The van der Waals surface area contributed by atoms with Gasteiger partial charge < -0.3 is 10.1 Å². The molecule has 0 atom stereocenters. The van der Waals surface area contributed by atoms with Crippen molar-refractivity contribution in [1.82, 2.24) is 5.32 Å². The zero-order valence-electron chi connectivity index (χ0n) is 9.05. The van der Waals surface area contributed by atoms with E-state index in [1.807, 2.05) is 0 Å². The van der Waals surface area contributed by atoms with Crippen LogP contribution in [0.2, 0.25) is 0 Å². The van der Waals surface area contributed by atoms with Crippen LogP contribution in [0.1, 0.15) is 34.6 Å². The summed E-state index contributed by atoms with van der Waals surface area (Å²) >= 11 is 0. The molecule has 74 valence electrons. The van der Waals surface area contributed by atoms with E-state index >= 15 is 0 Å². The minimum Gasteiger partial charge on any atom is -0.373 e. The third-order valence-corrected chi connectivity index (χ3v) is 1.21. The number of rotatable bonds is 2. The fourth-order valence-electron chi connectivity index (χ4n) is 0.743. The highest BCUT2D eigenvalue weighted by molar-refractivity contribution is 4.75. The first-order chi connectivity index (χ1) is 5.52. The maximum Gasteiger partial charge on any atom is 0.0827 e. The minimum atomic E-state index is 0.391. The van der Waals surface area contributed by atoms with E-state index in [1.54, 1.807) is 0 Å². The van der Waals surface area contributed by atoms with Crippen LogP contribution in [0.5, 0.6) is 0 Å². The van der Waals surface area contributed by atoms with E-state index in [1.165, 1.54) is 0 Å². The Morgan fingerprint density at radius 1 is 1.08 bits per heavy atom. The van der Waals surface area contributed by atoms with E-state index < -0.39 is 0 Å². The maximum atomic E-state index is 5.42. The first-order valence-corrected chi connectivity index (χ1v) is 4.88. The molecule has 1 aliphatic heterocycles. The van der Waals surface area contributed by atoms with Gasteiger partial charge in [-0.1, -0.05) is 20.8 Å². The summed E-state index contributed by atoms with van der Waals surface area (Å²) in [7, 11) is 0. The van der Waals surface area contributed by atoms with Crippen molar-refractivity contribution < 1.29 is 4.74 Å². The number of hydrogen-bond acceptors (Lipinski definition) is 2. The third-order valence-electron chi connectivity index (χ3n) is 1.21. The summed E-state index contributed by atoms with van der Waals surface area (Å²) in [5.74, 6) is 0.833. The molecule has 1 fully saturated rings. The highest BCUT2D eigenvalue weighted by Crippen LogP contribution is 2.01. The fraction of sp³-hybridized carbons (Fsp3) is 1.00. The first-order valence-electron chi connectivity index (χ1n) is 4.88. The van der Waals surface area contributed by atoms with Crippen molar-refractivity contribution in [2.45, 2.75) is 46.8 Å². The Kier molecular flexibility index (Phi) is 6.39. The van der Waals surface area contributed by atoms with Gasteiger partial charge in [0.2, 0.25) is 0 Å². The second kappa shape index (κ2) is 6.44. The predicted octanol–water partition coefficient (Wildman–Crippen LogP) is 2.05. The van der Waals surface area contributed by atoms with Crippen LogP contribution in [-0.2, 0) is 4.74 Å². The molecule has 0 bridgehead atoms. The average molecular weight is 173 g/mol. The fourth-order valence-corrected chi connectivity index (χ4v) is 0.743. The van der Waals surface area contributed by atoms with Gasteiger partial charge in [-0.3, -0.25) is 0 Å². The summed E-state index contributed by atoms with van der Waals surface area (Å²) in [5, 5.41) is 3.14.